The highest BCUT2D eigenvalue weighted by molar-refractivity contribution is 6.73. The molecule has 0 N–H and O–H groups in total. The van der Waals surface area contributed by atoms with E-state index in [0.29, 0.717) is 0 Å². The van der Waals surface area contributed by atoms with Gasteiger partial charge in [0.1, 0.15) is 14.1 Å². The van der Waals surface area contributed by atoms with Gasteiger partial charge in [0.05, 0.1) is 9.52 Å². The molecule has 1 aliphatic rings. The Morgan fingerprint density at radius 3 is 2.11 bits per heavy atom. The molecule has 19 heavy (non-hydrogen) atoms. The second-order valence-corrected chi connectivity index (χ2v) is 13.3. The van der Waals surface area contributed by atoms with E-state index in [-0.39, 0.29) is 15.4 Å². The van der Waals surface area contributed by atoms with Gasteiger partial charge in [-0.25, -0.2) is 0 Å². The third-order valence-electron chi connectivity index (χ3n) is 4.01. The average molecular weight is 305 g/mol. The first-order valence-corrected chi connectivity index (χ1v) is 12.8. The van der Waals surface area contributed by atoms with E-state index in [4.69, 9.17) is 9.47 Å². The molecule has 0 unspecified atom stereocenters. The van der Waals surface area contributed by atoms with Gasteiger partial charge in [-0.05, 0) is 13.0 Å². The number of hydrogen-bond acceptors (Lipinski definition) is 4. The minimum atomic E-state index is -1.07. The number of nitrogens with zero attached hydrogens (tertiary/aromatic N) is 2. The van der Waals surface area contributed by atoms with E-state index < -0.39 is 8.24 Å². The van der Waals surface area contributed by atoms with E-state index in [1.54, 1.807) is 14.2 Å². The maximum Gasteiger partial charge on any atom is 0.134 e. The summed E-state index contributed by atoms with van der Waals surface area (Å²) in [6.07, 6.45) is 1.31. The molecule has 0 saturated carbocycles. The molecule has 1 rings (SSSR count). The zero-order valence-corrected chi connectivity index (χ0v) is 15.9. The monoisotopic (exact) mass is 304 g/mol. The van der Waals surface area contributed by atoms with E-state index in [9.17, 15) is 0 Å². The molecule has 0 amide bonds. The number of hydrogen-bond donors (Lipinski definition) is 0. The number of ether oxygens (including phenoxy) is 2. The molecule has 0 bridgehead atoms. The first kappa shape index (κ1) is 17.3. The molecule has 0 aromatic carbocycles. The zero-order valence-electron chi connectivity index (χ0n) is 13.4. The quantitative estimate of drug-likeness (QED) is 0.379. The van der Waals surface area contributed by atoms with Crippen LogP contribution in [0.15, 0.2) is 0 Å². The highest BCUT2D eigenvalue weighted by Crippen LogP contribution is 2.13. The van der Waals surface area contributed by atoms with Crippen molar-refractivity contribution >= 4 is 17.8 Å². The number of piperazine rings is 1. The summed E-state index contributed by atoms with van der Waals surface area (Å²) in [4.78, 5) is 2.62. The summed E-state index contributed by atoms with van der Waals surface area (Å²) in [5, 5.41) is 0. The number of rotatable bonds is 8. The largest absolute Gasteiger partial charge is 0.360 e. The smallest absolute Gasteiger partial charge is 0.134 e. The third kappa shape index (κ3) is 6.51. The molecule has 1 saturated heterocycles. The molecule has 0 aromatic heterocycles. The second-order valence-electron chi connectivity index (χ2n) is 6.40. The Balaban J connectivity index is 2.10. The van der Waals surface area contributed by atoms with Crippen molar-refractivity contribution in [1.29, 1.82) is 0 Å². The van der Waals surface area contributed by atoms with Crippen LogP contribution in [0.5, 0.6) is 0 Å². The van der Waals surface area contributed by atoms with Gasteiger partial charge in [-0.1, -0.05) is 25.7 Å². The minimum absolute atomic E-state index is 0.115. The SMILES string of the molecule is COC(OC)[SiH2]CCCN1CCN([Si](C)(C)C)CC1. The van der Waals surface area contributed by atoms with Crippen molar-refractivity contribution in [3.63, 3.8) is 0 Å². The lowest BCUT2D eigenvalue weighted by Gasteiger charge is -2.41. The molecule has 1 aliphatic heterocycles. The summed E-state index contributed by atoms with van der Waals surface area (Å²) >= 11 is 0. The Morgan fingerprint density at radius 1 is 1.05 bits per heavy atom. The van der Waals surface area contributed by atoms with Gasteiger partial charge < -0.3 is 18.9 Å². The zero-order chi connectivity index (χ0) is 14.3. The fraction of sp³-hybridized carbons (Fsp3) is 1.00. The van der Waals surface area contributed by atoms with Crippen molar-refractivity contribution in [2.24, 2.45) is 0 Å². The van der Waals surface area contributed by atoms with Crippen molar-refractivity contribution in [1.82, 2.24) is 9.47 Å². The summed E-state index contributed by atoms with van der Waals surface area (Å²) in [5.41, 5.74) is 0. The lowest BCUT2D eigenvalue weighted by Crippen LogP contribution is -2.56. The van der Waals surface area contributed by atoms with E-state index in [1.165, 1.54) is 45.2 Å². The molecular weight excluding hydrogens is 272 g/mol. The first-order chi connectivity index (χ1) is 8.97. The summed E-state index contributed by atoms with van der Waals surface area (Å²) in [5.74, 6) is 0.115. The van der Waals surface area contributed by atoms with Crippen LogP contribution in [0.3, 0.4) is 0 Å². The van der Waals surface area contributed by atoms with Crippen LogP contribution in [-0.2, 0) is 9.47 Å². The van der Waals surface area contributed by atoms with Gasteiger partial charge in [0.2, 0.25) is 0 Å². The summed E-state index contributed by atoms with van der Waals surface area (Å²) in [6, 6.07) is 1.32. The summed E-state index contributed by atoms with van der Waals surface area (Å²) in [6.45, 7) is 13.6. The van der Waals surface area contributed by atoms with Gasteiger partial charge in [0.25, 0.3) is 0 Å². The van der Waals surface area contributed by atoms with Crippen LogP contribution < -0.4 is 0 Å². The van der Waals surface area contributed by atoms with Crippen LogP contribution in [0, 0.1) is 0 Å². The van der Waals surface area contributed by atoms with Gasteiger partial charge in [-0.2, -0.15) is 0 Å². The van der Waals surface area contributed by atoms with Crippen molar-refractivity contribution in [2.45, 2.75) is 38.0 Å². The van der Waals surface area contributed by atoms with Crippen molar-refractivity contribution in [2.75, 3.05) is 46.9 Å². The molecule has 4 nitrogen and oxygen atoms in total. The van der Waals surface area contributed by atoms with E-state index in [0.717, 1.165) is 0 Å². The highest BCUT2D eigenvalue weighted by atomic mass is 28.3. The van der Waals surface area contributed by atoms with Crippen molar-refractivity contribution < 1.29 is 9.47 Å². The van der Waals surface area contributed by atoms with Crippen LogP contribution in [-0.4, -0.2) is 80.1 Å². The Morgan fingerprint density at radius 2 is 1.63 bits per heavy atom. The maximum absolute atomic E-state index is 5.27. The number of methoxy groups -OCH3 is 2. The van der Waals surface area contributed by atoms with Crippen LogP contribution in [0.4, 0.5) is 0 Å². The molecule has 0 atom stereocenters. The predicted octanol–water partition coefficient (Wildman–Crippen LogP) is 0.992. The average Bonchev–Trinajstić information content (AvgIpc) is 2.38. The Kier molecular flexibility index (Phi) is 7.78. The molecule has 6 heteroatoms. The molecule has 1 heterocycles. The van der Waals surface area contributed by atoms with Gasteiger partial charge in [-0.3, -0.25) is 0 Å². The molecule has 114 valence electrons. The van der Waals surface area contributed by atoms with Crippen molar-refractivity contribution in [3.8, 4) is 0 Å². The van der Waals surface area contributed by atoms with Crippen LogP contribution in [0.25, 0.3) is 0 Å². The molecule has 0 aliphatic carbocycles. The fourth-order valence-corrected chi connectivity index (χ4v) is 5.48. The predicted molar refractivity (Wildman–Crippen MR) is 87.1 cm³/mol. The van der Waals surface area contributed by atoms with Crippen LogP contribution >= 0.6 is 0 Å². The normalized spacial score (nSPS) is 19.9. The van der Waals surface area contributed by atoms with E-state index >= 15 is 0 Å². The molecule has 0 spiro atoms. The Bertz CT molecular complexity index is 237. The minimum Gasteiger partial charge on any atom is -0.360 e. The van der Waals surface area contributed by atoms with E-state index in [1.807, 2.05) is 0 Å². The van der Waals surface area contributed by atoms with Crippen LogP contribution in [0.1, 0.15) is 6.42 Å². The summed E-state index contributed by atoms with van der Waals surface area (Å²) in [7, 11) is 2.20. The van der Waals surface area contributed by atoms with Gasteiger partial charge in [0.15, 0.2) is 0 Å². The maximum atomic E-state index is 5.27. The molecule has 0 radical (unpaired) electrons. The second kappa shape index (κ2) is 8.54. The Labute approximate surface area is 122 Å². The lowest BCUT2D eigenvalue weighted by molar-refractivity contribution is -0.0441. The van der Waals surface area contributed by atoms with Gasteiger partial charge in [0, 0.05) is 40.4 Å². The van der Waals surface area contributed by atoms with Crippen LogP contribution in [0.2, 0.25) is 25.7 Å². The van der Waals surface area contributed by atoms with E-state index in [2.05, 4.69) is 29.1 Å². The highest BCUT2D eigenvalue weighted by Gasteiger charge is 2.27. The fourth-order valence-electron chi connectivity index (χ4n) is 2.62. The molecule has 1 fully saturated rings. The molecular formula is C13H32N2O2Si2. The first-order valence-electron chi connectivity index (χ1n) is 7.50. The van der Waals surface area contributed by atoms with Gasteiger partial charge >= 0.3 is 0 Å². The lowest BCUT2D eigenvalue weighted by atomic mass is 10.3. The third-order valence-corrected chi connectivity index (χ3v) is 8.40. The van der Waals surface area contributed by atoms with Crippen molar-refractivity contribution in [3.05, 3.63) is 0 Å². The topological polar surface area (TPSA) is 24.9 Å². The summed E-state index contributed by atoms with van der Waals surface area (Å²) < 4.78 is 13.3. The molecule has 0 aromatic rings. The van der Waals surface area contributed by atoms with Gasteiger partial charge in [-0.15, -0.1) is 0 Å². The Hall–Kier alpha value is 0.274. The standard InChI is InChI=1S/C13H32N2O2Si2/c1-16-13(17-2)18-12-6-7-14-8-10-15(11-9-14)19(3,4)5/h13H,6-12,18H2,1-5H3.